The van der Waals surface area contributed by atoms with Gasteiger partial charge in [0.05, 0.1) is 5.56 Å². The third-order valence-electron chi connectivity index (χ3n) is 2.27. The number of rotatable bonds is 0. The Morgan fingerprint density at radius 3 is 2.44 bits per heavy atom. The van der Waals surface area contributed by atoms with Gasteiger partial charge in [-0.3, -0.25) is 0 Å². The largest absolute Gasteiger partial charge is 0.461 e. The van der Waals surface area contributed by atoms with Crippen LogP contribution < -0.4 is 0 Å². The minimum Gasteiger partial charge on any atom is -0.461 e. The third kappa shape index (κ3) is 2.86. The van der Waals surface area contributed by atoms with Gasteiger partial charge in [-0.2, -0.15) is 0 Å². The summed E-state index contributed by atoms with van der Waals surface area (Å²) >= 11 is 0. The number of pyridine rings is 1. The second-order valence-corrected chi connectivity index (χ2v) is 3.52. The quantitative estimate of drug-likeness (QED) is 0.507. The molecule has 1 aromatic rings. The van der Waals surface area contributed by atoms with Crippen LogP contribution in [0.5, 0.6) is 0 Å². The van der Waals surface area contributed by atoms with Crippen LogP contribution in [0, 0.1) is 11.8 Å². The van der Waals surface area contributed by atoms with E-state index < -0.39 is 11.9 Å². The van der Waals surface area contributed by atoms with Crippen molar-refractivity contribution in [2.45, 2.75) is 12.8 Å². The molecule has 92 valence electrons. The number of hydrogen-bond acceptors (Lipinski definition) is 5. The zero-order chi connectivity index (χ0) is 12.8. The van der Waals surface area contributed by atoms with Crippen LogP contribution in [0.1, 0.15) is 33.7 Å². The maximum atomic E-state index is 11.7. The number of esters is 2. The number of ether oxygens (including phenoxy) is 2. The third-order valence-corrected chi connectivity index (χ3v) is 2.27. The zero-order valence-corrected chi connectivity index (χ0v) is 9.64. The van der Waals surface area contributed by atoms with Crippen molar-refractivity contribution in [3.05, 3.63) is 29.6 Å². The molecule has 0 aliphatic carbocycles. The highest BCUT2D eigenvalue weighted by Crippen LogP contribution is 2.09. The molecule has 2 rings (SSSR count). The standard InChI is InChI=1S/C13H11NO4/c15-12-10-6-5-7-14-11(10)13(16)18-9-4-2-1-3-8-17-12/h5-7H,3-4,8-9H2. The Labute approximate surface area is 104 Å². The van der Waals surface area contributed by atoms with Gasteiger partial charge in [0, 0.05) is 19.0 Å². The summed E-state index contributed by atoms with van der Waals surface area (Å²) in [4.78, 5) is 27.3. The number of carbonyl (C=O) groups excluding carboxylic acids is 2. The fourth-order valence-electron chi connectivity index (χ4n) is 1.45. The minimum absolute atomic E-state index is 0.0176. The summed E-state index contributed by atoms with van der Waals surface area (Å²) < 4.78 is 9.98. The van der Waals surface area contributed by atoms with E-state index in [2.05, 4.69) is 16.8 Å². The Kier molecular flexibility index (Phi) is 3.92. The van der Waals surface area contributed by atoms with Crippen molar-refractivity contribution in [3.63, 3.8) is 0 Å². The molecule has 2 heterocycles. The molecular weight excluding hydrogens is 234 g/mol. The predicted molar refractivity (Wildman–Crippen MR) is 61.8 cm³/mol. The SMILES string of the molecule is O=C1OCCC#CCCOC(=O)c2ncccc21. The van der Waals surface area contributed by atoms with E-state index in [0.29, 0.717) is 12.8 Å². The summed E-state index contributed by atoms with van der Waals surface area (Å²) in [7, 11) is 0. The molecule has 1 aliphatic rings. The smallest absolute Gasteiger partial charge is 0.357 e. The first-order valence-corrected chi connectivity index (χ1v) is 5.54. The lowest BCUT2D eigenvalue weighted by atomic mass is 10.2. The molecule has 0 bridgehead atoms. The van der Waals surface area contributed by atoms with Crippen LogP contribution in [0.4, 0.5) is 0 Å². The van der Waals surface area contributed by atoms with Crippen LogP contribution in [-0.4, -0.2) is 30.1 Å². The number of fused-ring (bicyclic) bond motifs is 1. The summed E-state index contributed by atoms with van der Waals surface area (Å²) in [6, 6.07) is 3.06. The van der Waals surface area contributed by atoms with E-state index in [1.807, 2.05) is 0 Å². The van der Waals surface area contributed by atoms with Gasteiger partial charge >= 0.3 is 11.9 Å². The van der Waals surface area contributed by atoms with E-state index in [0.717, 1.165) is 0 Å². The molecule has 5 nitrogen and oxygen atoms in total. The predicted octanol–water partition coefficient (Wildman–Crippen LogP) is 1.19. The van der Waals surface area contributed by atoms with Crippen molar-refractivity contribution in [2.24, 2.45) is 0 Å². The zero-order valence-electron chi connectivity index (χ0n) is 9.64. The second-order valence-electron chi connectivity index (χ2n) is 3.52. The number of carbonyl (C=O) groups is 2. The molecule has 0 atom stereocenters. The van der Waals surface area contributed by atoms with Gasteiger partial charge in [0.15, 0.2) is 5.69 Å². The summed E-state index contributed by atoms with van der Waals surface area (Å²) in [6.07, 6.45) is 2.36. The highest BCUT2D eigenvalue weighted by atomic mass is 16.5. The number of nitrogens with zero attached hydrogens (tertiary/aromatic N) is 1. The molecule has 0 spiro atoms. The molecule has 0 N–H and O–H groups in total. The summed E-state index contributed by atoms with van der Waals surface area (Å²) in [5.41, 5.74) is 0.104. The van der Waals surface area contributed by atoms with E-state index in [-0.39, 0.29) is 24.5 Å². The van der Waals surface area contributed by atoms with Gasteiger partial charge in [0.25, 0.3) is 0 Å². The van der Waals surface area contributed by atoms with Crippen LogP contribution >= 0.6 is 0 Å². The first-order valence-electron chi connectivity index (χ1n) is 5.54. The fraction of sp³-hybridized carbons (Fsp3) is 0.308. The number of hydrogen-bond donors (Lipinski definition) is 0. The minimum atomic E-state index is -0.634. The molecule has 0 saturated heterocycles. The molecular formula is C13H11NO4. The van der Waals surface area contributed by atoms with Crippen molar-refractivity contribution in [1.82, 2.24) is 4.98 Å². The first-order chi connectivity index (χ1) is 8.79. The van der Waals surface area contributed by atoms with Crippen molar-refractivity contribution in [2.75, 3.05) is 13.2 Å². The molecule has 0 aromatic carbocycles. The van der Waals surface area contributed by atoms with Crippen LogP contribution in [0.2, 0.25) is 0 Å². The molecule has 0 fully saturated rings. The van der Waals surface area contributed by atoms with E-state index >= 15 is 0 Å². The molecule has 5 heteroatoms. The van der Waals surface area contributed by atoms with Gasteiger partial charge in [0.1, 0.15) is 13.2 Å². The molecule has 0 unspecified atom stereocenters. The molecule has 0 radical (unpaired) electrons. The topological polar surface area (TPSA) is 65.5 Å². The Balaban J connectivity index is 2.29. The molecule has 1 aromatic heterocycles. The monoisotopic (exact) mass is 245 g/mol. The first kappa shape index (κ1) is 12.1. The van der Waals surface area contributed by atoms with E-state index in [9.17, 15) is 9.59 Å². The molecule has 18 heavy (non-hydrogen) atoms. The summed E-state index contributed by atoms with van der Waals surface area (Å²) in [5, 5.41) is 0. The van der Waals surface area contributed by atoms with Crippen LogP contribution in [0.25, 0.3) is 0 Å². The Morgan fingerprint density at radius 2 is 1.72 bits per heavy atom. The lowest BCUT2D eigenvalue weighted by molar-refractivity contribution is 0.0458. The highest BCUT2D eigenvalue weighted by molar-refractivity contribution is 6.01. The van der Waals surface area contributed by atoms with E-state index in [4.69, 9.17) is 9.47 Å². The van der Waals surface area contributed by atoms with Gasteiger partial charge in [-0.25, -0.2) is 14.6 Å². The fourth-order valence-corrected chi connectivity index (χ4v) is 1.45. The van der Waals surface area contributed by atoms with Gasteiger partial charge in [-0.15, -0.1) is 0 Å². The normalized spacial score (nSPS) is 16.0. The average molecular weight is 245 g/mol. The number of aromatic nitrogens is 1. The lowest BCUT2D eigenvalue weighted by Gasteiger charge is -2.08. The molecule has 1 aliphatic heterocycles. The average Bonchev–Trinajstić information content (AvgIpc) is 2.40. The van der Waals surface area contributed by atoms with Crippen LogP contribution in [0.15, 0.2) is 18.3 Å². The molecule has 0 saturated carbocycles. The summed E-state index contributed by atoms with van der Waals surface area (Å²) in [6.45, 7) is 0.395. The maximum absolute atomic E-state index is 11.7. The van der Waals surface area contributed by atoms with Gasteiger partial charge in [-0.05, 0) is 12.1 Å². The Hall–Kier alpha value is -2.35. The van der Waals surface area contributed by atoms with Crippen molar-refractivity contribution >= 4 is 11.9 Å². The number of cyclic esters (lactones) is 2. The van der Waals surface area contributed by atoms with Crippen molar-refractivity contribution < 1.29 is 19.1 Å². The van der Waals surface area contributed by atoms with Crippen molar-refractivity contribution in [1.29, 1.82) is 0 Å². The maximum Gasteiger partial charge on any atom is 0.357 e. The van der Waals surface area contributed by atoms with E-state index in [1.165, 1.54) is 12.3 Å². The lowest BCUT2D eigenvalue weighted by Crippen LogP contribution is -2.16. The van der Waals surface area contributed by atoms with Crippen molar-refractivity contribution in [3.8, 4) is 11.8 Å². The Bertz CT molecular complexity index is 482. The van der Waals surface area contributed by atoms with E-state index in [1.54, 1.807) is 6.07 Å². The molecule has 0 amide bonds. The van der Waals surface area contributed by atoms with Gasteiger partial charge < -0.3 is 9.47 Å². The van der Waals surface area contributed by atoms with Gasteiger partial charge in [0.2, 0.25) is 0 Å². The Morgan fingerprint density at radius 1 is 1.06 bits per heavy atom. The van der Waals surface area contributed by atoms with Gasteiger partial charge in [-0.1, -0.05) is 11.8 Å². The van der Waals surface area contributed by atoms with Crippen LogP contribution in [-0.2, 0) is 9.47 Å². The highest BCUT2D eigenvalue weighted by Gasteiger charge is 2.20. The second kappa shape index (κ2) is 5.82. The van der Waals surface area contributed by atoms with Crippen LogP contribution in [0.3, 0.4) is 0 Å². The summed E-state index contributed by atoms with van der Waals surface area (Å²) in [5.74, 6) is 4.43.